The van der Waals surface area contributed by atoms with Gasteiger partial charge in [0, 0.05) is 6.07 Å². The van der Waals surface area contributed by atoms with E-state index in [0.29, 0.717) is 5.71 Å². The number of benzene rings is 2. The van der Waals surface area contributed by atoms with Crippen molar-refractivity contribution >= 4 is 17.3 Å². The molecule has 7 nitrogen and oxygen atoms in total. The molecule has 0 aliphatic rings. The van der Waals surface area contributed by atoms with Gasteiger partial charge in [0.25, 0.3) is 5.91 Å². The number of rotatable bonds is 7. The van der Waals surface area contributed by atoms with Crippen LogP contribution in [0.1, 0.15) is 25.0 Å². The molecule has 0 bridgehead atoms. The molecular formula is C18H19N3O4. The van der Waals surface area contributed by atoms with Gasteiger partial charge in [0.2, 0.25) is 0 Å². The minimum absolute atomic E-state index is 0.0403. The number of nitro benzene ring substituents is 1. The fourth-order valence-corrected chi connectivity index (χ4v) is 2.10. The van der Waals surface area contributed by atoms with Crippen LogP contribution in [0, 0.1) is 10.1 Å². The Morgan fingerprint density at radius 1 is 1.20 bits per heavy atom. The Bertz CT molecular complexity index is 785. The van der Waals surface area contributed by atoms with E-state index in [-0.39, 0.29) is 18.0 Å². The Balaban J connectivity index is 1.92. The van der Waals surface area contributed by atoms with Crippen molar-refractivity contribution in [1.82, 2.24) is 5.43 Å². The fraction of sp³-hybridized carbons (Fsp3) is 0.222. The third-order valence-electron chi connectivity index (χ3n) is 3.55. The topological polar surface area (TPSA) is 93.8 Å². The predicted octanol–water partition coefficient (Wildman–Crippen LogP) is 3.08. The number of carbonyl (C=O) groups is 1. The first-order valence-electron chi connectivity index (χ1n) is 7.80. The number of hydrogen-bond donors (Lipinski definition) is 1. The Hall–Kier alpha value is -3.22. The van der Waals surface area contributed by atoms with Crippen molar-refractivity contribution in [3.05, 3.63) is 69.8 Å². The zero-order valence-corrected chi connectivity index (χ0v) is 14.1. The summed E-state index contributed by atoms with van der Waals surface area (Å²) in [5.74, 6) is -0.457. The van der Waals surface area contributed by atoms with Gasteiger partial charge in [-0.05, 0) is 30.5 Å². The van der Waals surface area contributed by atoms with Gasteiger partial charge in [0.05, 0.1) is 10.6 Å². The van der Waals surface area contributed by atoms with E-state index < -0.39 is 10.8 Å². The van der Waals surface area contributed by atoms with E-state index in [1.807, 2.05) is 24.3 Å². The Morgan fingerprint density at radius 3 is 2.52 bits per heavy atom. The van der Waals surface area contributed by atoms with Crippen LogP contribution in [0.5, 0.6) is 5.75 Å². The summed E-state index contributed by atoms with van der Waals surface area (Å²) in [4.78, 5) is 22.1. The minimum atomic E-state index is -0.560. The van der Waals surface area contributed by atoms with Crippen LogP contribution in [-0.2, 0) is 11.2 Å². The van der Waals surface area contributed by atoms with Gasteiger partial charge in [-0.3, -0.25) is 14.9 Å². The van der Waals surface area contributed by atoms with Crippen LogP contribution in [0.3, 0.4) is 0 Å². The highest BCUT2D eigenvalue weighted by atomic mass is 16.6. The summed E-state index contributed by atoms with van der Waals surface area (Å²) in [5.41, 5.74) is 4.97. The Kier molecular flexibility index (Phi) is 6.22. The number of nitro groups is 1. The molecule has 0 aromatic heterocycles. The molecule has 7 heteroatoms. The number of amides is 1. The molecule has 1 amide bonds. The third-order valence-corrected chi connectivity index (χ3v) is 3.55. The normalized spacial score (nSPS) is 11.0. The quantitative estimate of drug-likeness (QED) is 0.476. The highest BCUT2D eigenvalue weighted by Crippen LogP contribution is 2.25. The zero-order chi connectivity index (χ0) is 18.2. The van der Waals surface area contributed by atoms with E-state index in [0.717, 1.165) is 12.0 Å². The molecule has 2 rings (SSSR count). The smallest absolute Gasteiger partial charge is 0.310 e. The number of hydrogen-bond acceptors (Lipinski definition) is 5. The molecule has 0 aliphatic carbocycles. The van der Waals surface area contributed by atoms with Gasteiger partial charge in [0.1, 0.15) is 0 Å². The number of nitrogens with one attached hydrogen (secondary N) is 1. The van der Waals surface area contributed by atoms with Crippen LogP contribution in [0.25, 0.3) is 0 Å². The molecule has 0 heterocycles. The fourth-order valence-electron chi connectivity index (χ4n) is 2.10. The summed E-state index contributed by atoms with van der Waals surface area (Å²) in [5, 5.41) is 14.9. The van der Waals surface area contributed by atoms with Gasteiger partial charge in [-0.25, -0.2) is 5.43 Å². The second kappa shape index (κ2) is 8.58. The van der Waals surface area contributed by atoms with E-state index in [4.69, 9.17) is 4.74 Å². The van der Waals surface area contributed by atoms with E-state index in [2.05, 4.69) is 17.5 Å². The number of aryl methyl sites for hydroxylation is 1. The van der Waals surface area contributed by atoms with Crippen molar-refractivity contribution in [3.8, 4) is 5.75 Å². The SMILES string of the molecule is CCc1ccc(/C(C)=N\NC(=O)COc2ccccc2[N+](=O)[O-])cc1. The van der Waals surface area contributed by atoms with Crippen LogP contribution in [-0.4, -0.2) is 23.1 Å². The van der Waals surface area contributed by atoms with E-state index in [1.165, 1.54) is 23.8 Å². The molecule has 0 aliphatic heterocycles. The average molecular weight is 341 g/mol. The summed E-state index contributed by atoms with van der Waals surface area (Å²) in [6.45, 7) is 3.49. The standard InChI is InChI=1S/C18H19N3O4/c1-3-14-8-10-15(11-9-14)13(2)19-20-18(22)12-25-17-7-5-4-6-16(17)21(23)24/h4-11H,3,12H2,1-2H3,(H,20,22)/b19-13-. The van der Waals surface area contributed by atoms with Crippen molar-refractivity contribution in [2.24, 2.45) is 5.10 Å². The third kappa shape index (κ3) is 5.13. The highest BCUT2D eigenvalue weighted by molar-refractivity contribution is 5.99. The maximum atomic E-state index is 11.8. The number of ether oxygens (including phenoxy) is 1. The summed E-state index contributed by atoms with van der Waals surface area (Å²) in [6.07, 6.45) is 0.955. The molecule has 0 fully saturated rings. The zero-order valence-electron chi connectivity index (χ0n) is 14.1. The predicted molar refractivity (Wildman–Crippen MR) is 94.8 cm³/mol. The summed E-state index contributed by atoms with van der Waals surface area (Å²) >= 11 is 0. The Labute approximate surface area is 145 Å². The van der Waals surface area contributed by atoms with Gasteiger partial charge in [-0.1, -0.05) is 43.3 Å². The maximum absolute atomic E-state index is 11.8. The molecule has 130 valence electrons. The molecule has 0 saturated carbocycles. The van der Waals surface area contributed by atoms with Crippen molar-refractivity contribution in [3.63, 3.8) is 0 Å². The first-order valence-corrected chi connectivity index (χ1v) is 7.80. The van der Waals surface area contributed by atoms with Crippen molar-refractivity contribution in [2.75, 3.05) is 6.61 Å². The monoisotopic (exact) mass is 341 g/mol. The van der Waals surface area contributed by atoms with E-state index in [9.17, 15) is 14.9 Å². The molecule has 1 N–H and O–H groups in total. The van der Waals surface area contributed by atoms with Crippen LogP contribution in [0.15, 0.2) is 53.6 Å². The molecule has 0 saturated heterocycles. The number of para-hydroxylation sites is 2. The Morgan fingerprint density at radius 2 is 1.88 bits per heavy atom. The maximum Gasteiger partial charge on any atom is 0.310 e. The summed E-state index contributed by atoms with van der Waals surface area (Å²) in [6, 6.07) is 13.8. The average Bonchev–Trinajstić information content (AvgIpc) is 2.64. The minimum Gasteiger partial charge on any atom is -0.477 e. The number of carbonyl (C=O) groups excluding carboxylic acids is 1. The lowest BCUT2D eigenvalue weighted by atomic mass is 10.1. The second-order valence-electron chi connectivity index (χ2n) is 5.30. The molecule has 2 aromatic carbocycles. The first-order chi connectivity index (χ1) is 12.0. The van der Waals surface area contributed by atoms with Gasteiger partial charge >= 0.3 is 5.69 Å². The second-order valence-corrected chi connectivity index (χ2v) is 5.30. The molecule has 0 unspecified atom stereocenters. The van der Waals surface area contributed by atoms with Gasteiger partial charge in [-0.2, -0.15) is 5.10 Å². The van der Waals surface area contributed by atoms with Crippen LogP contribution < -0.4 is 10.2 Å². The molecular weight excluding hydrogens is 322 g/mol. The van der Waals surface area contributed by atoms with Crippen LogP contribution in [0.4, 0.5) is 5.69 Å². The molecule has 0 radical (unpaired) electrons. The van der Waals surface area contributed by atoms with Crippen molar-refractivity contribution in [1.29, 1.82) is 0 Å². The molecule has 0 spiro atoms. The van der Waals surface area contributed by atoms with Crippen molar-refractivity contribution < 1.29 is 14.5 Å². The summed E-state index contributed by atoms with van der Waals surface area (Å²) in [7, 11) is 0. The van der Waals surface area contributed by atoms with Gasteiger partial charge in [0.15, 0.2) is 12.4 Å². The van der Waals surface area contributed by atoms with Crippen LogP contribution in [0.2, 0.25) is 0 Å². The van der Waals surface area contributed by atoms with Crippen molar-refractivity contribution in [2.45, 2.75) is 20.3 Å². The molecule has 25 heavy (non-hydrogen) atoms. The van der Waals surface area contributed by atoms with E-state index in [1.54, 1.807) is 13.0 Å². The van der Waals surface area contributed by atoms with Gasteiger partial charge < -0.3 is 4.74 Å². The highest BCUT2D eigenvalue weighted by Gasteiger charge is 2.14. The van der Waals surface area contributed by atoms with Crippen LogP contribution >= 0.6 is 0 Å². The number of nitrogens with zero attached hydrogens (tertiary/aromatic N) is 2. The lowest BCUT2D eigenvalue weighted by Crippen LogP contribution is -2.25. The number of hydrazone groups is 1. The lowest BCUT2D eigenvalue weighted by Gasteiger charge is -2.06. The largest absolute Gasteiger partial charge is 0.477 e. The molecule has 0 atom stereocenters. The first kappa shape index (κ1) is 18.1. The summed E-state index contributed by atoms with van der Waals surface area (Å²) < 4.78 is 5.21. The molecule has 2 aromatic rings. The van der Waals surface area contributed by atoms with Gasteiger partial charge in [-0.15, -0.1) is 0 Å². The lowest BCUT2D eigenvalue weighted by molar-refractivity contribution is -0.385. The van der Waals surface area contributed by atoms with E-state index >= 15 is 0 Å².